The first-order valence-corrected chi connectivity index (χ1v) is 9.65. The van der Waals surface area contributed by atoms with Crippen molar-refractivity contribution in [1.29, 1.82) is 0 Å². The SMILES string of the molecule is C[NH+](C)CCCN1C(=O)C(O)=C(C(=O)c2cccs2)[C@H]1c1ccc(F)cc1. The smallest absolute Gasteiger partial charge is 0.290 e. The van der Waals surface area contributed by atoms with Gasteiger partial charge in [0.1, 0.15) is 5.82 Å². The third-order valence-electron chi connectivity index (χ3n) is 4.55. The summed E-state index contributed by atoms with van der Waals surface area (Å²) in [5, 5.41) is 12.3. The van der Waals surface area contributed by atoms with Gasteiger partial charge in [0.05, 0.1) is 37.1 Å². The molecule has 0 saturated heterocycles. The number of aliphatic hydroxyl groups excluding tert-OH is 1. The van der Waals surface area contributed by atoms with E-state index >= 15 is 0 Å². The minimum Gasteiger partial charge on any atom is -0.503 e. The number of nitrogens with one attached hydrogen (secondary N) is 1. The van der Waals surface area contributed by atoms with Gasteiger partial charge in [0.2, 0.25) is 5.78 Å². The fraction of sp³-hybridized carbons (Fsp3) is 0.300. The summed E-state index contributed by atoms with van der Waals surface area (Å²) < 4.78 is 13.4. The number of rotatable bonds is 7. The van der Waals surface area contributed by atoms with Gasteiger partial charge in [-0.3, -0.25) is 9.59 Å². The van der Waals surface area contributed by atoms with E-state index in [0.717, 1.165) is 13.0 Å². The number of aliphatic hydroxyl groups is 1. The van der Waals surface area contributed by atoms with Crippen LogP contribution in [0, 0.1) is 5.82 Å². The first kappa shape index (κ1) is 19.3. The second kappa shape index (κ2) is 8.02. The second-order valence-electron chi connectivity index (χ2n) is 6.83. The van der Waals surface area contributed by atoms with Crippen LogP contribution in [0.2, 0.25) is 0 Å². The highest BCUT2D eigenvalue weighted by Gasteiger charge is 2.43. The Morgan fingerprint density at radius 2 is 1.96 bits per heavy atom. The molecule has 1 aliphatic rings. The van der Waals surface area contributed by atoms with Crippen LogP contribution in [0.1, 0.15) is 27.7 Å². The summed E-state index contributed by atoms with van der Waals surface area (Å²) in [5.74, 6) is -1.84. The number of thiophene rings is 1. The summed E-state index contributed by atoms with van der Waals surface area (Å²) in [4.78, 5) is 28.9. The van der Waals surface area contributed by atoms with E-state index in [9.17, 15) is 19.1 Å². The highest BCUT2D eigenvalue weighted by molar-refractivity contribution is 7.12. The first-order chi connectivity index (χ1) is 12.9. The maximum absolute atomic E-state index is 13.4. The molecule has 1 aromatic carbocycles. The van der Waals surface area contributed by atoms with Crippen LogP contribution in [-0.4, -0.2) is 48.9 Å². The van der Waals surface area contributed by atoms with Crippen LogP contribution in [0.15, 0.2) is 53.1 Å². The Morgan fingerprint density at radius 1 is 1.26 bits per heavy atom. The zero-order valence-electron chi connectivity index (χ0n) is 15.2. The van der Waals surface area contributed by atoms with Gasteiger partial charge in [-0.2, -0.15) is 0 Å². The number of carbonyl (C=O) groups is 2. The van der Waals surface area contributed by atoms with Gasteiger partial charge in [-0.15, -0.1) is 11.3 Å². The maximum atomic E-state index is 13.4. The molecule has 1 amide bonds. The molecule has 0 bridgehead atoms. The van der Waals surface area contributed by atoms with E-state index in [4.69, 9.17) is 0 Å². The van der Waals surface area contributed by atoms with Crippen molar-refractivity contribution in [3.8, 4) is 0 Å². The monoisotopic (exact) mass is 389 g/mol. The van der Waals surface area contributed by atoms with Crippen LogP contribution >= 0.6 is 11.3 Å². The Bertz CT molecular complexity index is 860. The fourth-order valence-electron chi connectivity index (χ4n) is 3.25. The van der Waals surface area contributed by atoms with Crippen LogP contribution in [-0.2, 0) is 4.79 Å². The Balaban J connectivity index is 1.99. The maximum Gasteiger partial charge on any atom is 0.290 e. The van der Waals surface area contributed by atoms with E-state index in [-0.39, 0.29) is 11.4 Å². The topological polar surface area (TPSA) is 62.1 Å². The van der Waals surface area contributed by atoms with E-state index in [1.165, 1.54) is 33.3 Å². The lowest BCUT2D eigenvalue weighted by molar-refractivity contribution is -0.858. The number of Topliss-reactive ketones (excluding diaryl/α,β-unsaturated/α-hetero) is 1. The molecule has 1 aliphatic heterocycles. The van der Waals surface area contributed by atoms with E-state index < -0.39 is 23.5 Å². The third-order valence-corrected chi connectivity index (χ3v) is 5.42. The number of carbonyl (C=O) groups excluding carboxylic acids is 2. The molecule has 27 heavy (non-hydrogen) atoms. The summed E-state index contributed by atoms with van der Waals surface area (Å²) in [5.41, 5.74) is 0.664. The molecule has 142 valence electrons. The molecule has 0 unspecified atom stereocenters. The summed E-state index contributed by atoms with van der Waals surface area (Å²) >= 11 is 1.26. The average Bonchev–Trinajstić information content (AvgIpc) is 3.25. The number of amides is 1. The van der Waals surface area contributed by atoms with Crippen molar-refractivity contribution in [2.24, 2.45) is 0 Å². The van der Waals surface area contributed by atoms with Crippen LogP contribution in [0.5, 0.6) is 0 Å². The largest absolute Gasteiger partial charge is 0.503 e. The Kier molecular flexibility index (Phi) is 5.72. The lowest BCUT2D eigenvalue weighted by atomic mass is 9.95. The molecule has 3 rings (SSSR count). The van der Waals surface area contributed by atoms with Gasteiger partial charge in [0.15, 0.2) is 5.76 Å². The van der Waals surface area contributed by atoms with E-state index in [2.05, 4.69) is 0 Å². The number of quaternary nitrogens is 1. The predicted octanol–water partition coefficient (Wildman–Crippen LogP) is 2.00. The first-order valence-electron chi connectivity index (χ1n) is 8.77. The number of ketones is 1. The molecule has 0 fully saturated rings. The molecular weight excluding hydrogens is 367 g/mol. The molecule has 5 nitrogen and oxygen atoms in total. The number of nitrogens with zero attached hydrogens (tertiary/aromatic N) is 1. The van der Waals surface area contributed by atoms with Crippen molar-refractivity contribution < 1.29 is 24.0 Å². The van der Waals surface area contributed by atoms with Gasteiger partial charge in [-0.1, -0.05) is 18.2 Å². The number of halogens is 1. The predicted molar refractivity (Wildman–Crippen MR) is 101 cm³/mol. The van der Waals surface area contributed by atoms with Gasteiger partial charge in [-0.05, 0) is 29.1 Å². The summed E-state index contributed by atoms with van der Waals surface area (Å²) in [6, 6.07) is 8.39. The van der Waals surface area contributed by atoms with Crippen molar-refractivity contribution >= 4 is 23.0 Å². The van der Waals surface area contributed by atoms with Gasteiger partial charge < -0.3 is 14.9 Å². The molecule has 1 aromatic heterocycles. The standard InChI is InChI=1S/C20H21FN2O3S/c1-22(2)10-4-11-23-17(13-6-8-14(21)9-7-13)16(19(25)20(23)26)18(24)15-5-3-12-27-15/h3,5-9,12,17,25H,4,10-11H2,1-2H3/p+1/t17-/m1/s1. The van der Waals surface area contributed by atoms with Crippen molar-refractivity contribution in [2.75, 3.05) is 27.2 Å². The highest BCUT2D eigenvalue weighted by atomic mass is 32.1. The number of hydrogen-bond acceptors (Lipinski definition) is 4. The third kappa shape index (κ3) is 3.94. The molecule has 2 aromatic rings. The van der Waals surface area contributed by atoms with Gasteiger partial charge in [0, 0.05) is 13.0 Å². The minimum atomic E-state index is -0.718. The fourth-order valence-corrected chi connectivity index (χ4v) is 3.93. The zero-order chi connectivity index (χ0) is 19.6. The zero-order valence-corrected chi connectivity index (χ0v) is 16.1. The highest BCUT2D eigenvalue weighted by Crippen LogP contribution is 2.39. The van der Waals surface area contributed by atoms with Crippen molar-refractivity contribution in [3.63, 3.8) is 0 Å². The molecule has 2 N–H and O–H groups in total. The van der Waals surface area contributed by atoms with Crippen LogP contribution in [0.4, 0.5) is 4.39 Å². The van der Waals surface area contributed by atoms with Crippen LogP contribution in [0.3, 0.4) is 0 Å². The van der Waals surface area contributed by atoms with Gasteiger partial charge >= 0.3 is 0 Å². The lowest BCUT2D eigenvalue weighted by Gasteiger charge is -2.27. The van der Waals surface area contributed by atoms with E-state index in [0.29, 0.717) is 17.0 Å². The van der Waals surface area contributed by atoms with Gasteiger partial charge in [-0.25, -0.2) is 4.39 Å². The van der Waals surface area contributed by atoms with Gasteiger partial charge in [0.25, 0.3) is 5.91 Å². The van der Waals surface area contributed by atoms with Crippen LogP contribution < -0.4 is 4.90 Å². The summed E-state index contributed by atoms with van der Waals surface area (Å²) in [6.45, 7) is 1.24. The normalized spacial score (nSPS) is 17.3. The minimum absolute atomic E-state index is 0.0614. The van der Waals surface area contributed by atoms with Crippen LogP contribution in [0.25, 0.3) is 0 Å². The summed E-state index contributed by atoms with van der Waals surface area (Å²) in [6.07, 6.45) is 0.722. The molecular formula is C20H22FN2O3S+. The molecule has 0 spiro atoms. The van der Waals surface area contributed by atoms with Crippen molar-refractivity contribution in [3.05, 3.63) is 69.4 Å². The van der Waals surface area contributed by atoms with E-state index in [1.807, 2.05) is 14.1 Å². The Hall–Kier alpha value is -2.51. The molecule has 2 heterocycles. The molecule has 7 heteroatoms. The lowest BCUT2D eigenvalue weighted by Crippen LogP contribution is -3.05. The number of benzene rings is 1. The quantitative estimate of drug-likeness (QED) is 0.712. The molecule has 0 radical (unpaired) electrons. The number of hydrogen-bond donors (Lipinski definition) is 2. The molecule has 0 saturated carbocycles. The molecule has 0 aliphatic carbocycles. The summed E-state index contributed by atoms with van der Waals surface area (Å²) in [7, 11) is 4.04. The van der Waals surface area contributed by atoms with Crippen molar-refractivity contribution in [1.82, 2.24) is 4.90 Å². The average molecular weight is 389 g/mol. The Labute approximate surface area is 161 Å². The molecule has 1 atom stereocenters. The Morgan fingerprint density at radius 3 is 2.56 bits per heavy atom. The van der Waals surface area contributed by atoms with Crippen molar-refractivity contribution in [2.45, 2.75) is 12.5 Å². The second-order valence-corrected chi connectivity index (χ2v) is 7.78. The van der Waals surface area contributed by atoms with E-state index in [1.54, 1.807) is 29.6 Å².